The first-order valence-electron chi connectivity index (χ1n) is 7.57. The van der Waals surface area contributed by atoms with Crippen molar-refractivity contribution < 1.29 is 19.1 Å². The molecule has 0 aliphatic carbocycles. The van der Waals surface area contributed by atoms with Crippen molar-refractivity contribution in [3.05, 3.63) is 53.6 Å². The van der Waals surface area contributed by atoms with Gasteiger partial charge in [0.2, 0.25) is 6.10 Å². The summed E-state index contributed by atoms with van der Waals surface area (Å²) in [6.45, 7) is 2.46. The van der Waals surface area contributed by atoms with Crippen LogP contribution in [0.15, 0.2) is 48.5 Å². The molecule has 3 rings (SSSR count). The van der Waals surface area contributed by atoms with Gasteiger partial charge in [0.15, 0.2) is 0 Å². The number of halogens is 1. The fraction of sp³-hybridized carbons (Fsp3) is 0.222. The minimum Gasteiger partial charge on any atom is -0.494 e. The number of β-lactam (4-membered cyclic amide) rings is 1. The Morgan fingerprint density at radius 1 is 1.08 bits per heavy atom. The molecule has 0 spiro atoms. The van der Waals surface area contributed by atoms with E-state index in [9.17, 15) is 9.59 Å². The van der Waals surface area contributed by atoms with Gasteiger partial charge in [-0.15, -0.1) is 0 Å². The molecule has 1 amide bonds. The van der Waals surface area contributed by atoms with Crippen LogP contribution in [-0.4, -0.2) is 30.9 Å². The molecule has 0 aromatic heterocycles. The molecule has 0 saturated carbocycles. The number of ether oxygens (including phenoxy) is 2. The summed E-state index contributed by atoms with van der Waals surface area (Å²) in [4.78, 5) is 25.2. The van der Waals surface area contributed by atoms with Gasteiger partial charge in [0, 0.05) is 10.7 Å². The van der Waals surface area contributed by atoms with Crippen LogP contribution >= 0.6 is 11.6 Å². The predicted molar refractivity (Wildman–Crippen MR) is 90.8 cm³/mol. The highest BCUT2D eigenvalue weighted by molar-refractivity contribution is 6.30. The molecule has 2 unspecified atom stereocenters. The number of benzene rings is 2. The largest absolute Gasteiger partial charge is 0.494 e. The molecule has 0 N–H and O–H groups in total. The van der Waals surface area contributed by atoms with E-state index in [0.29, 0.717) is 28.8 Å². The Morgan fingerprint density at radius 2 is 1.71 bits per heavy atom. The molecule has 2 aromatic carbocycles. The Labute approximate surface area is 144 Å². The first-order valence-corrected chi connectivity index (χ1v) is 7.95. The van der Waals surface area contributed by atoms with Gasteiger partial charge in [-0.1, -0.05) is 11.6 Å². The second kappa shape index (κ2) is 6.93. The maximum Gasteiger partial charge on any atom is 0.271 e. The average molecular weight is 346 g/mol. The summed E-state index contributed by atoms with van der Waals surface area (Å²) < 4.78 is 11.0. The summed E-state index contributed by atoms with van der Waals surface area (Å²) in [5.41, 5.74) is 0.636. The van der Waals surface area contributed by atoms with Gasteiger partial charge in [-0.3, -0.25) is 9.69 Å². The minimum absolute atomic E-state index is 0.258. The van der Waals surface area contributed by atoms with Gasteiger partial charge in [-0.25, -0.2) is 0 Å². The van der Waals surface area contributed by atoms with Crippen LogP contribution in [0.2, 0.25) is 5.02 Å². The zero-order chi connectivity index (χ0) is 17.1. The molecule has 5 nitrogen and oxygen atoms in total. The van der Waals surface area contributed by atoms with E-state index in [1.807, 2.05) is 6.92 Å². The van der Waals surface area contributed by atoms with Crippen molar-refractivity contribution in [3.63, 3.8) is 0 Å². The number of aldehydes is 1. The third-order valence-corrected chi connectivity index (χ3v) is 3.98. The molecule has 1 aliphatic heterocycles. The maximum absolute atomic E-state index is 12.4. The lowest BCUT2D eigenvalue weighted by Crippen LogP contribution is -2.68. The molecule has 124 valence electrons. The van der Waals surface area contributed by atoms with E-state index in [1.165, 1.54) is 4.90 Å². The summed E-state index contributed by atoms with van der Waals surface area (Å²) in [6, 6.07) is 13.0. The third kappa shape index (κ3) is 3.08. The molecule has 0 bridgehead atoms. The van der Waals surface area contributed by atoms with Crippen molar-refractivity contribution in [2.24, 2.45) is 0 Å². The maximum atomic E-state index is 12.4. The van der Waals surface area contributed by atoms with E-state index in [4.69, 9.17) is 21.1 Å². The van der Waals surface area contributed by atoms with Crippen LogP contribution in [-0.2, 0) is 9.59 Å². The van der Waals surface area contributed by atoms with E-state index in [1.54, 1.807) is 48.5 Å². The Morgan fingerprint density at radius 3 is 2.29 bits per heavy atom. The molecule has 24 heavy (non-hydrogen) atoms. The molecule has 1 aliphatic rings. The van der Waals surface area contributed by atoms with Crippen LogP contribution in [0.5, 0.6) is 11.5 Å². The molecular weight excluding hydrogens is 330 g/mol. The summed E-state index contributed by atoms with van der Waals surface area (Å²) in [5.74, 6) is 0.952. The van der Waals surface area contributed by atoms with Crippen LogP contribution in [0.4, 0.5) is 5.69 Å². The van der Waals surface area contributed by atoms with Crippen LogP contribution in [0.3, 0.4) is 0 Å². The highest BCUT2D eigenvalue weighted by Crippen LogP contribution is 2.31. The van der Waals surface area contributed by atoms with E-state index in [2.05, 4.69) is 0 Å². The number of carbonyl (C=O) groups is 2. The smallest absolute Gasteiger partial charge is 0.271 e. The standard InChI is InChI=1S/C18H16ClNO4/c1-2-23-14-9-5-13(6-10-14)20-16(11-21)17(18(20)22)24-15-7-3-12(19)4-8-15/h3-11,16-17H,2H2,1H3. The van der Waals surface area contributed by atoms with E-state index >= 15 is 0 Å². The molecular formula is C18H16ClNO4. The van der Waals surface area contributed by atoms with E-state index < -0.39 is 12.1 Å². The lowest BCUT2D eigenvalue weighted by molar-refractivity contribution is -0.138. The van der Waals surface area contributed by atoms with Gasteiger partial charge in [0.05, 0.1) is 6.61 Å². The lowest BCUT2D eigenvalue weighted by Gasteiger charge is -2.43. The van der Waals surface area contributed by atoms with Crippen molar-refractivity contribution >= 4 is 29.5 Å². The fourth-order valence-corrected chi connectivity index (χ4v) is 2.69. The number of hydrogen-bond acceptors (Lipinski definition) is 4. The van der Waals surface area contributed by atoms with Crippen LogP contribution in [0.1, 0.15) is 6.92 Å². The fourth-order valence-electron chi connectivity index (χ4n) is 2.56. The van der Waals surface area contributed by atoms with E-state index in [-0.39, 0.29) is 5.91 Å². The third-order valence-electron chi connectivity index (χ3n) is 3.73. The minimum atomic E-state index is -0.824. The van der Waals surface area contributed by atoms with Gasteiger partial charge >= 0.3 is 0 Å². The van der Waals surface area contributed by atoms with Gasteiger partial charge in [0.25, 0.3) is 5.91 Å². The molecule has 6 heteroatoms. The molecule has 1 fully saturated rings. The van der Waals surface area contributed by atoms with Crippen LogP contribution in [0.25, 0.3) is 0 Å². The van der Waals surface area contributed by atoms with E-state index in [0.717, 1.165) is 6.29 Å². The average Bonchev–Trinajstić information content (AvgIpc) is 2.60. The lowest BCUT2D eigenvalue weighted by atomic mass is 9.97. The number of anilines is 1. The SMILES string of the molecule is CCOc1ccc(N2C(=O)C(Oc3ccc(Cl)cc3)C2C=O)cc1. The zero-order valence-electron chi connectivity index (χ0n) is 13.0. The Hall–Kier alpha value is -2.53. The van der Waals surface area contributed by atoms with Crippen molar-refractivity contribution in [1.29, 1.82) is 0 Å². The van der Waals surface area contributed by atoms with Gasteiger partial charge < -0.3 is 14.3 Å². The normalized spacial score (nSPS) is 19.6. The quantitative estimate of drug-likeness (QED) is 0.596. The molecule has 0 radical (unpaired) electrons. The number of amides is 1. The van der Waals surface area contributed by atoms with Crippen molar-refractivity contribution in [3.8, 4) is 11.5 Å². The number of carbonyl (C=O) groups excluding carboxylic acids is 2. The number of hydrogen-bond donors (Lipinski definition) is 0. The predicted octanol–water partition coefficient (Wildman–Crippen LogP) is 3.10. The molecule has 2 atom stereocenters. The second-order valence-corrected chi connectivity index (χ2v) is 5.69. The molecule has 2 aromatic rings. The topological polar surface area (TPSA) is 55.8 Å². The highest BCUT2D eigenvalue weighted by atomic mass is 35.5. The van der Waals surface area contributed by atoms with Crippen LogP contribution in [0, 0.1) is 0 Å². The van der Waals surface area contributed by atoms with Crippen LogP contribution < -0.4 is 14.4 Å². The molecule has 1 saturated heterocycles. The Bertz CT molecular complexity index is 730. The van der Waals surface area contributed by atoms with Crippen molar-refractivity contribution in [1.82, 2.24) is 0 Å². The summed E-state index contributed by atoms with van der Waals surface area (Å²) in [6.07, 6.45) is -0.103. The summed E-state index contributed by atoms with van der Waals surface area (Å²) >= 11 is 5.82. The second-order valence-electron chi connectivity index (χ2n) is 5.25. The first-order chi connectivity index (χ1) is 11.6. The van der Waals surface area contributed by atoms with Crippen molar-refractivity contribution in [2.45, 2.75) is 19.1 Å². The van der Waals surface area contributed by atoms with Gasteiger partial charge in [0.1, 0.15) is 23.8 Å². The Kier molecular flexibility index (Phi) is 4.71. The number of nitrogens with zero attached hydrogens (tertiary/aromatic N) is 1. The Balaban J connectivity index is 1.73. The highest BCUT2D eigenvalue weighted by Gasteiger charge is 2.50. The zero-order valence-corrected chi connectivity index (χ0v) is 13.8. The first kappa shape index (κ1) is 16.3. The molecule has 1 heterocycles. The summed E-state index contributed by atoms with van der Waals surface area (Å²) in [7, 11) is 0. The number of rotatable bonds is 6. The summed E-state index contributed by atoms with van der Waals surface area (Å²) in [5, 5.41) is 0.574. The monoisotopic (exact) mass is 345 g/mol. The van der Waals surface area contributed by atoms with Crippen molar-refractivity contribution in [2.75, 3.05) is 11.5 Å². The van der Waals surface area contributed by atoms with Gasteiger partial charge in [-0.2, -0.15) is 0 Å². The van der Waals surface area contributed by atoms with Gasteiger partial charge in [-0.05, 0) is 55.5 Å².